The van der Waals surface area contributed by atoms with E-state index in [9.17, 15) is 18.5 Å². The van der Waals surface area contributed by atoms with Crippen molar-refractivity contribution in [2.45, 2.75) is 57.6 Å². The van der Waals surface area contributed by atoms with Crippen LogP contribution in [0.2, 0.25) is 0 Å². The molecule has 8 nitrogen and oxygen atoms in total. The quantitative estimate of drug-likeness (QED) is 0.520. The SMILES string of the molecule is Cc1ccc(NS(=O)(=O)c2ccc(N3CC[C@H](OC(C)(C)C)C3)c([N+](=O)[O-])c2)c(C)c1. The maximum Gasteiger partial charge on any atom is 0.293 e. The van der Waals surface area contributed by atoms with Crippen molar-refractivity contribution >= 4 is 27.1 Å². The number of nitrogens with one attached hydrogen (secondary N) is 1. The molecular formula is C22H29N3O5S. The van der Waals surface area contributed by atoms with Crippen molar-refractivity contribution in [3.8, 4) is 0 Å². The van der Waals surface area contributed by atoms with E-state index >= 15 is 0 Å². The summed E-state index contributed by atoms with van der Waals surface area (Å²) in [5.41, 5.74) is 2.09. The molecule has 0 aliphatic carbocycles. The summed E-state index contributed by atoms with van der Waals surface area (Å²) < 4.78 is 34.3. The third-order valence-electron chi connectivity index (χ3n) is 5.09. The molecule has 0 radical (unpaired) electrons. The minimum absolute atomic E-state index is 0.0332. The predicted molar refractivity (Wildman–Crippen MR) is 121 cm³/mol. The molecular weight excluding hydrogens is 418 g/mol. The van der Waals surface area contributed by atoms with E-state index in [0.717, 1.165) is 23.6 Å². The van der Waals surface area contributed by atoms with Gasteiger partial charge in [-0.3, -0.25) is 14.8 Å². The third kappa shape index (κ3) is 5.54. The fourth-order valence-corrected chi connectivity index (χ4v) is 4.91. The molecule has 0 amide bonds. The Balaban J connectivity index is 1.87. The van der Waals surface area contributed by atoms with Gasteiger partial charge in [0.15, 0.2) is 0 Å². The van der Waals surface area contributed by atoms with Crippen LogP contribution in [0, 0.1) is 24.0 Å². The van der Waals surface area contributed by atoms with Crippen LogP contribution < -0.4 is 9.62 Å². The average Bonchev–Trinajstić information content (AvgIpc) is 3.10. The fourth-order valence-electron chi connectivity index (χ4n) is 3.76. The Morgan fingerprint density at radius 3 is 2.48 bits per heavy atom. The summed E-state index contributed by atoms with van der Waals surface area (Å²) in [6, 6.07) is 9.40. The van der Waals surface area contributed by atoms with Gasteiger partial charge < -0.3 is 9.64 Å². The molecule has 1 saturated heterocycles. The number of sulfonamides is 1. The molecule has 1 aliphatic rings. The van der Waals surface area contributed by atoms with Gasteiger partial charge in [-0.2, -0.15) is 0 Å². The number of benzene rings is 2. The van der Waals surface area contributed by atoms with Crippen molar-refractivity contribution in [2.75, 3.05) is 22.7 Å². The first kappa shape index (κ1) is 23.0. The van der Waals surface area contributed by atoms with Crippen LogP contribution in [-0.2, 0) is 14.8 Å². The van der Waals surface area contributed by atoms with Gasteiger partial charge in [-0.25, -0.2) is 8.42 Å². The Morgan fingerprint density at radius 2 is 1.87 bits per heavy atom. The normalized spacial score (nSPS) is 17.1. The lowest BCUT2D eigenvalue weighted by atomic mass is 10.1. The summed E-state index contributed by atoms with van der Waals surface area (Å²) in [6.45, 7) is 10.8. The van der Waals surface area contributed by atoms with Crippen LogP contribution in [0.25, 0.3) is 0 Å². The first-order valence-corrected chi connectivity index (χ1v) is 11.7. The number of rotatable bonds is 6. The van der Waals surface area contributed by atoms with E-state index in [1.807, 2.05) is 38.7 Å². The molecule has 1 fully saturated rings. The van der Waals surface area contributed by atoms with Crippen LogP contribution in [-0.4, -0.2) is 38.1 Å². The van der Waals surface area contributed by atoms with E-state index in [-0.39, 0.29) is 22.3 Å². The molecule has 1 aliphatic heterocycles. The molecule has 1 N–H and O–H groups in total. The summed E-state index contributed by atoms with van der Waals surface area (Å²) in [4.78, 5) is 12.9. The Labute approximate surface area is 183 Å². The zero-order chi connectivity index (χ0) is 23.0. The molecule has 168 valence electrons. The highest BCUT2D eigenvalue weighted by atomic mass is 32.2. The van der Waals surface area contributed by atoms with E-state index in [0.29, 0.717) is 24.5 Å². The molecule has 0 aromatic heterocycles. The summed E-state index contributed by atoms with van der Waals surface area (Å²) in [5, 5.41) is 11.8. The molecule has 0 spiro atoms. The molecule has 0 bridgehead atoms. The van der Waals surface area contributed by atoms with E-state index in [2.05, 4.69) is 4.72 Å². The van der Waals surface area contributed by atoms with Crippen molar-refractivity contribution in [2.24, 2.45) is 0 Å². The fraction of sp³-hybridized carbons (Fsp3) is 0.455. The minimum atomic E-state index is -3.98. The van der Waals surface area contributed by atoms with Crippen LogP contribution in [0.4, 0.5) is 17.1 Å². The maximum absolute atomic E-state index is 12.9. The van der Waals surface area contributed by atoms with Crippen molar-refractivity contribution in [3.63, 3.8) is 0 Å². The molecule has 2 aromatic rings. The number of nitro benzene ring substituents is 1. The molecule has 9 heteroatoms. The van der Waals surface area contributed by atoms with E-state index in [1.54, 1.807) is 19.1 Å². The van der Waals surface area contributed by atoms with Gasteiger partial charge in [-0.1, -0.05) is 17.7 Å². The minimum Gasteiger partial charge on any atom is -0.371 e. The zero-order valence-corrected chi connectivity index (χ0v) is 19.3. The Hall–Kier alpha value is -2.65. The second kappa shape index (κ2) is 8.47. The summed E-state index contributed by atoms with van der Waals surface area (Å²) in [7, 11) is -3.98. The predicted octanol–water partition coefficient (Wildman–Crippen LogP) is 4.41. The van der Waals surface area contributed by atoms with Crippen molar-refractivity contribution in [1.82, 2.24) is 0 Å². The number of aryl methyl sites for hydroxylation is 2. The van der Waals surface area contributed by atoms with Crippen LogP contribution in [0.1, 0.15) is 38.3 Å². The van der Waals surface area contributed by atoms with Gasteiger partial charge in [-0.15, -0.1) is 0 Å². The molecule has 31 heavy (non-hydrogen) atoms. The lowest BCUT2D eigenvalue weighted by molar-refractivity contribution is -0.384. The van der Waals surface area contributed by atoms with Gasteiger partial charge in [-0.05, 0) is 64.8 Å². The van der Waals surface area contributed by atoms with Crippen molar-refractivity contribution in [1.29, 1.82) is 0 Å². The summed E-state index contributed by atoms with van der Waals surface area (Å²) in [6.07, 6.45) is 0.720. The van der Waals surface area contributed by atoms with Gasteiger partial charge in [0.25, 0.3) is 15.7 Å². The molecule has 2 aromatic carbocycles. The highest BCUT2D eigenvalue weighted by molar-refractivity contribution is 7.92. The number of nitrogens with zero attached hydrogens (tertiary/aromatic N) is 2. The standard InChI is InChI=1S/C22H29N3O5S/c1-15-6-8-19(16(2)12-15)23-31(28,29)18-7-9-20(21(13-18)25(26)27)24-11-10-17(14-24)30-22(3,4)5/h6-9,12-13,17,23H,10-11,14H2,1-5H3/t17-/m0/s1. The first-order valence-electron chi connectivity index (χ1n) is 10.2. The Bertz CT molecular complexity index is 1090. The van der Waals surface area contributed by atoms with Crippen molar-refractivity contribution in [3.05, 3.63) is 57.6 Å². The van der Waals surface area contributed by atoms with E-state index < -0.39 is 14.9 Å². The molecule has 1 heterocycles. The maximum atomic E-state index is 12.9. The van der Waals surface area contributed by atoms with Crippen LogP contribution in [0.3, 0.4) is 0 Å². The van der Waals surface area contributed by atoms with Crippen LogP contribution in [0.15, 0.2) is 41.3 Å². The molecule has 0 unspecified atom stereocenters. The van der Waals surface area contributed by atoms with Gasteiger partial charge in [0.2, 0.25) is 0 Å². The molecule has 3 rings (SSSR count). The van der Waals surface area contributed by atoms with E-state index in [4.69, 9.17) is 4.74 Å². The van der Waals surface area contributed by atoms with Gasteiger partial charge in [0, 0.05) is 19.2 Å². The molecule has 1 atom stereocenters. The second-order valence-electron chi connectivity index (χ2n) is 8.92. The second-order valence-corrected chi connectivity index (χ2v) is 10.6. The number of ether oxygens (including phenoxy) is 1. The number of hydrogen-bond donors (Lipinski definition) is 1. The van der Waals surface area contributed by atoms with Crippen molar-refractivity contribution < 1.29 is 18.1 Å². The Morgan fingerprint density at radius 1 is 1.16 bits per heavy atom. The lowest BCUT2D eigenvalue weighted by Crippen LogP contribution is -2.30. The first-order chi connectivity index (χ1) is 14.4. The summed E-state index contributed by atoms with van der Waals surface area (Å²) >= 11 is 0. The van der Waals surface area contributed by atoms with Gasteiger partial charge in [0.1, 0.15) is 5.69 Å². The number of anilines is 2. The van der Waals surface area contributed by atoms with Gasteiger partial charge >= 0.3 is 0 Å². The average molecular weight is 448 g/mol. The zero-order valence-electron chi connectivity index (χ0n) is 18.5. The van der Waals surface area contributed by atoms with Crippen LogP contribution in [0.5, 0.6) is 0 Å². The summed E-state index contributed by atoms with van der Waals surface area (Å²) in [5.74, 6) is 0. The number of hydrogen-bond acceptors (Lipinski definition) is 6. The highest BCUT2D eigenvalue weighted by Gasteiger charge is 2.31. The van der Waals surface area contributed by atoms with Crippen LogP contribution >= 0.6 is 0 Å². The third-order valence-corrected chi connectivity index (χ3v) is 6.45. The Kier molecular flexibility index (Phi) is 6.29. The largest absolute Gasteiger partial charge is 0.371 e. The number of nitro groups is 1. The smallest absolute Gasteiger partial charge is 0.293 e. The van der Waals surface area contributed by atoms with E-state index in [1.165, 1.54) is 12.1 Å². The highest BCUT2D eigenvalue weighted by Crippen LogP contribution is 2.34. The monoisotopic (exact) mass is 447 g/mol. The topological polar surface area (TPSA) is 102 Å². The van der Waals surface area contributed by atoms with Gasteiger partial charge in [0.05, 0.1) is 27.2 Å². The molecule has 0 saturated carbocycles. The lowest BCUT2D eigenvalue weighted by Gasteiger charge is -2.25.